The number of hydrogen-bond acceptors (Lipinski definition) is 14. The summed E-state index contributed by atoms with van der Waals surface area (Å²) in [6, 6.07) is 4.80. The predicted octanol–water partition coefficient (Wildman–Crippen LogP) is -0.572. The van der Waals surface area contributed by atoms with Gasteiger partial charge in [0, 0.05) is 30.1 Å². The number of carbonyl (C=O) groups is 3. The van der Waals surface area contributed by atoms with E-state index in [1.165, 1.54) is 12.3 Å². The number of nitrogens with two attached hydrogens (primary N) is 1. The Hall–Kier alpha value is -4.59. The van der Waals surface area contributed by atoms with E-state index >= 15 is 0 Å². The van der Waals surface area contributed by atoms with Gasteiger partial charge < -0.3 is 36.4 Å². The smallest absolute Gasteiger partial charge is 0.362 e. The zero-order valence-corrected chi connectivity index (χ0v) is 24.0. The molecule has 2 aromatic heterocycles. The Labute approximate surface area is 247 Å². The minimum atomic E-state index is -4.82. The number of β-lactam (4-membered cyclic amide) rings is 1. The fourth-order valence-electron chi connectivity index (χ4n) is 4.29. The first-order valence-corrected chi connectivity index (χ1v) is 15.0. The Kier molecular flexibility index (Phi) is 8.31. The van der Waals surface area contributed by atoms with Gasteiger partial charge in [0.2, 0.25) is 0 Å². The number of aliphatic carboxylic acids is 1. The number of carbonyl (C=O) groups excluding carboxylic acids is 2. The van der Waals surface area contributed by atoms with Crippen molar-refractivity contribution in [3.63, 3.8) is 0 Å². The number of ether oxygens (including phenoxy) is 1. The van der Waals surface area contributed by atoms with Crippen LogP contribution in [0.1, 0.15) is 12.6 Å². The van der Waals surface area contributed by atoms with Crippen molar-refractivity contribution in [2.75, 3.05) is 30.7 Å². The number of oxime groups is 1. The number of amides is 2. The summed E-state index contributed by atoms with van der Waals surface area (Å²) in [7, 11) is -4.82. The van der Waals surface area contributed by atoms with E-state index in [0.717, 1.165) is 35.2 Å². The summed E-state index contributed by atoms with van der Waals surface area (Å²) in [6.07, 6.45) is -0.0245. The Morgan fingerprint density at radius 1 is 1.33 bits per heavy atom. The lowest BCUT2D eigenvalue weighted by molar-refractivity contribution is -0.152. The normalized spacial score (nSPS) is 19.7. The SMILES string of the molecule is C[C@H]1[C@H](NC(=O)C(=NOC(COc2ccc3c(NC4CNC4)nccc3c2)C(=O)O)c2csc(N)n2)C(=O)N1S(=O)(=O)O. The molecule has 43 heavy (non-hydrogen) atoms. The quantitative estimate of drug-likeness (QED) is 0.0632. The van der Waals surface area contributed by atoms with Crippen molar-refractivity contribution < 1.29 is 42.0 Å². The molecule has 2 aliphatic rings. The van der Waals surface area contributed by atoms with Gasteiger partial charge in [0.05, 0.1) is 12.1 Å². The van der Waals surface area contributed by atoms with Crippen molar-refractivity contribution in [3.8, 4) is 5.75 Å². The van der Waals surface area contributed by atoms with Crippen LogP contribution in [0.25, 0.3) is 10.8 Å². The van der Waals surface area contributed by atoms with Gasteiger partial charge in [-0.3, -0.25) is 14.1 Å². The topological polar surface area (TPSA) is 248 Å². The van der Waals surface area contributed by atoms with Crippen LogP contribution in [0.3, 0.4) is 0 Å². The molecule has 5 rings (SSSR count). The second kappa shape index (κ2) is 12.0. The number of benzene rings is 1. The number of carboxylic acid groups (broad SMARTS) is 1. The van der Waals surface area contributed by atoms with E-state index in [9.17, 15) is 32.5 Å². The van der Waals surface area contributed by atoms with Crippen molar-refractivity contribution in [3.05, 3.63) is 41.5 Å². The highest BCUT2D eigenvalue weighted by molar-refractivity contribution is 7.84. The number of aromatic nitrogens is 2. The molecule has 1 aromatic carbocycles. The highest BCUT2D eigenvalue weighted by atomic mass is 32.2. The van der Waals surface area contributed by atoms with E-state index in [-0.39, 0.29) is 21.2 Å². The van der Waals surface area contributed by atoms with E-state index in [1.807, 2.05) is 0 Å². The maximum atomic E-state index is 13.0. The molecular formula is C24H26N8O9S2. The number of nitrogen functional groups attached to an aromatic ring is 1. The molecule has 4 heterocycles. The molecule has 17 nitrogen and oxygen atoms in total. The summed E-state index contributed by atoms with van der Waals surface area (Å²) in [4.78, 5) is 50.7. The highest BCUT2D eigenvalue weighted by Gasteiger charge is 2.51. The first kappa shape index (κ1) is 29.9. The summed E-state index contributed by atoms with van der Waals surface area (Å²) in [5.74, 6) is -2.49. The molecule has 0 aliphatic carbocycles. The monoisotopic (exact) mass is 634 g/mol. The molecule has 0 radical (unpaired) electrons. The molecule has 7 N–H and O–H groups in total. The maximum absolute atomic E-state index is 13.0. The molecule has 0 saturated carbocycles. The number of pyridine rings is 1. The van der Waals surface area contributed by atoms with Gasteiger partial charge in [0.1, 0.15) is 29.9 Å². The van der Waals surface area contributed by atoms with Gasteiger partial charge in [-0.25, -0.2) is 19.1 Å². The number of fused-ring (bicyclic) bond motifs is 1. The van der Waals surface area contributed by atoms with Crippen LogP contribution in [0.2, 0.25) is 0 Å². The molecule has 0 spiro atoms. The van der Waals surface area contributed by atoms with E-state index in [1.54, 1.807) is 30.5 Å². The minimum absolute atomic E-state index is 0.0634. The maximum Gasteiger partial charge on any atom is 0.362 e. The molecule has 228 valence electrons. The van der Waals surface area contributed by atoms with Gasteiger partial charge in [0.25, 0.3) is 17.9 Å². The average Bonchev–Trinajstić information content (AvgIpc) is 3.35. The number of nitrogens with zero attached hydrogens (tertiary/aromatic N) is 4. The molecule has 2 fully saturated rings. The summed E-state index contributed by atoms with van der Waals surface area (Å²) in [6.45, 7) is 2.46. The molecule has 3 atom stereocenters. The lowest BCUT2D eigenvalue weighted by atomic mass is 10.0. The van der Waals surface area contributed by atoms with Crippen molar-refractivity contribution in [1.82, 2.24) is 24.9 Å². The first-order valence-electron chi connectivity index (χ1n) is 12.7. The van der Waals surface area contributed by atoms with Gasteiger partial charge in [-0.15, -0.1) is 11.3 Å². The van der Waals surface area contributed by atoms with Gasteiger partial charge in [0.15, 0.2) is 10.8 Å². The van der Waals surface area contributed by atoms with Crippen LogP contribution in [-0.2, 0) is 29.5 Å². The second-order valence-electron chi connectivity index (χ2n) is 9.60. The van der Waals surface area contributed by atoms with Crippen molar-refractivity contribution in [2.24, 2.45) is 5.16 Å². The number of nitrogens with one attached hydrogen (secondary N) is 3. The van der Waals surface area contributed by atoms with E-state index < -0.39 is 58.6 Å². The first-order chi connectivity index (χ1) is 20.4. The standard InChI is InChI=1S/C24H26N8O9S2/c1-11-18(22(34)32(11)43(37,38)39)30-21(33)19(16-10-42-24(25)29-16)31-41-17(23(35)36)9-40-14-2-3-15-12(6-14)4-5-27-20(15)28-13-7-26-8-13/h2-6,10-11,13,17-18,26H,7-9H2,1H3,(H2,25,29)(H,27,28)(H,30,33)(H,35,36)(H,37,38,39)/t11-,17?,18-/m0/s1. The summed E-state index contributed by atoms with van der Waals surface area (Å²) in [5, 5.41) is 25.3. The van der Waals surface area contributed by atoms with Crippen LogP contribution in [0.4, 0.5) is 10.9 Å². The molecule has 0 bridgehead atoms. The lowest BCUT2D eigenvalue weighted by Crippen LogP contribution is -2.71. The molecular weight excluding hydrogens is 608 g/mol. The van der Waals surface area contributed by atoms with Crippen LogP contribution in [-0.4, -0.2) is 99.8 Å². The van der Waals surface area contributed by atoms with Crippen LogP contribution in [0, 0.1) is 0 Å². The zero-order chi connectivity index (χ0) is 30.9. The molecule has 3 aromatic rings. The Balaban J connectivity index is 1.29. The summed E-state index contributed by atoms with van der Waals surface area (Å²) < 4.78 is 37.8. The molecule has 1 unspecified atom stereocenters. The van der Waals surface area contributed by atoms with Gasteiger partial charge in [-0.2, -0.15) is 8.42 Å². The molecule has 2 saturated heterocycles. The van der Waals surface area contributed by atoms with Gasteiger partial charge >= 0.3 is 16.3 Å². The highest BCUT2D eigenvalue weighted by Crippen LogP contribution is 2.27. The number of rotatable bonds is 12. The number of carboxylic acids is 1. The van der Waals surface area contributed by atoms with Crippen LogP contribution in [0.15, 0.2) is 41.0 Å². The third-order valence-electron chi connectivity index (χ3n) is 6.66. The zero-order valence-electron chi connectivity index (χ0n) is 22.3. The van der Waals surface area contributed by atoms with Crippen molar-refractivity contribution >= 4 is 66.9 Å². The van der Waals surface area contributed by atoms with Gasteiger partial charge in [-0.05, 0) is 36.6 Å². The third-order valence-corrected chi connectivity index (χ3v) is 8.34. The van der Waals surface area contributed by atoms with Crippen molar-refractivity contribution in [1.29, 1.82) is 0 Å². The number of thiazole rings is 1. The minimum Gasteiger partial charge on any atom is -0.489 e. The fourth-order valence-corrected chi connectivity index (χ4v) is 5.72. The average molecular weight is 635 g/mol. The number of anilines is 2. The second-order valence-corrected chi connectivity index (χ2v) is 11.8. The van der Waals surface area contributed by atoms with E-state index in [4.69, 9.17) is 15.3 Å². The largest absolute Gasteiger partial charge is 0.489 e. The molecule has 2 aliphatic heterocycles. The fraction of sp³-hybridized carbons (Fsp3) is 0.333. The lowest BCUT2D eigenvalue weighted by Gasteiger charge is -2.42. The molecule has 2 amide bonds. The Morgan fingerprint density at radius 2 is 2.09 bits per heavy atom. The molecule has 19 heteroatoms. The van der Waals surface area contributed by atoms with Crippen LogP contribution in [0.5, 0.6) is 5.75 Å². The van der Waals surface area contributed by atoms with Crippen LogP contribution >= 0.6 is 11.3 Å². The Morgan fingerprint density at radius 3 is 2.70 bits per heavy atom. The number of hydrogen-bond donors (Lipinski definition) is 6. The third kappa shape index (κ3) is 6.43. The van der Waals surface area contributed by atoms with E-state index in [0.29, 0.717) is 11.6 Å². The van der Waals surface area contributed by atoms with Crippen LogP contribution < -0.4 is 26.4 Å². The predicted molar refractivity (Wildman–Crippen MR) is 153 cm³/mol. The Bertz CT molecular complexity index is 1710. The van der Waals surface area contributed by atoms with Crippen molar-refractivity contribution in [2.45, 2.75) is 31.2 Å². The van der Waals surface area contributed by atoms with Gasteiger partial charge in [-0.1, -0.05) is 5.16 Å². The summed E-state index contributed by atoms with van der Waals surface area (Å²) >= 11 is 0.961. The van der Waals surface area contributed by atoms with E-state index in [2.05, 4.69) is 31.1 Å². The summed E-state index contributed by atoms with van der Waals surface area (Å²) in [5.41, 5.74) is 5.06.